The molecule has 0 heterocycles. The second-order valence-corrected chi connectivity index (χ2v) is 9.01. The third-order valence-electron chi connectivity index (χ3n) is 5.62. The molecule has 1 unspecified atom stereocenters. The standard InChI is InChI=1S/C28H31BrN2O4/c1-30-28(33)26(19-21-8-4-3-5-9-21)31(20-22-10-6-11-23(29)18-22)27(32)12-7-17-35-25-15-13-24(34-2)14-16-25/h3-6,8-11,13-16,18,26H,7,12,17,19-20H2,1-2H3,(H,30,33). The first kappa shape index (κ1) is 26.3. The number of rotatable bonds is 12. The first-order chi connectivity index (χ1) is 17.0. The Hall–Kier alpha value is -3.32. The minimum absolute atomic E-state index is 0.0900. The second-order valence-electron chi connectivity index (χ2n) is 8.10. The normalized spacial score (nSPS) is 11.4. The van der Waals surface area contributed by atoms with Gasteiger partial charge in [-0.15, -0.1) is 0 Å². The first-order valence-electron chi connectivity index (χ1n) is 11.6. The largest absolute Gasteiger partial charge is 0.497 e. The van der Waals surface area contributed by atoms with Crippen molar-refractivity contribution < 1.29 is 19.1 Å². The number of carbonyl (C=O) groups excluding carboxylic acids is 2. The average molecular weight is 539 g/mol. The molecule has 3 aromatic carbocycles. The summed E-state index contributed by atoms with van der Waals surface area (Å²) in [6, 6.07) is 24.3. The minimum atomic E-state index is -0.628. The maximum Gasteiger partial charge on any atom is 0.242 e. The summed E-state index contributed by atoms with van der Waals surface area (Å²) in [5.74, 6) is 1.20. The van der Waals surface area contributed by atoms with E-state index in [1.165, 1.54) is 0 Å². The van der Waals surface area contributed by atoms with E-state index in [0.717, 1.165) is 27.1 Å². The number of carbonyl (C=O) groups is 2. The Labute approximate surface area is 215 Å². The van der Waals surface area contributed by atoms with Gasteiger partial charge in [0.25, 0.3) is 0 Å². The Bertz CT molecular complexity index is 1090. The predicted octanol–water partition coefficient (Wildman–Crippen LogP) is 5.00. The lowest BCUT2D eigenvalue weighted by molar-refractivity contribution is -0.141. The van der Waals surface area contributed by atoms with Crippen LogP contribution in [0.1, 0.15) is 24.0 Å². The van der Waals surface area contributed by atoms with Gasteiger partial charge in [0.2, 0.25) is 11.8 Å². The fraction of sp³-hybridized carbons (Fsp3) is 0.286. The molecule has 7 heteroatoms. The van der Waals surface area contributed by atoms with Crippen molar-refractivity contribution in [3.8, 4) is 11.5 Å². The zero-order valence-electron chi connectivity index (χ0n) is 20.1. The van der Waals surface area contributed by atoms with Crippen LogP contribution in [0.4, 0.5) is 0 Å². The summed E-state index contributed by atoms with van der Waals surface area (Å²) in [7, 11) is 3.22. The number of amides is 2. The lowest BCUT2D eigenvalue weighted by Crippen LogP contribution is -2.49. The van der Waals surface area contributed by atoms with Crippen molar-refractivity contribution >= 4 is 27.7 Å². The lowest BCUT2D eigenvalue weighted by atomic mass is 10.0. The van der Waals surface area contributed by atoms with E-state index in [4.69, 9.17) is 9.47 Å². The Morgan fingerprint density at radius 1 is 0.943 bits per heavy atom. The fourth-order valence-corrected chi connectivity index (χ4v) is 4.23. The molecule has 1 N–H and O–H groups in total. The first-order valence-corrected chi connectivity index (χ1v) is 12.4. The third-order valence-corrected chi connectivity index (χ3v) is 6.12. The van der Waals surface area contributed by atoms with E-state index in [1.807, 2.05) is 78.9 Å². The molecule has 0 saturated heterocycles. The second kappa shape index (κ2) is 13.5. The van der Waals surface area contributed by atoms with Gasteiger partial charge in [-0.25, -0.2) is 0 Å². The van der Waals surface area contributed by atoms with Crippen LogP contribution >= 0.6 is 15.9 Å². The molecule has 1 atom stereocenters. The maximum atomic E-state index is 13.4. The number of halogens is 1. The number of hydrogen-bond acceptors (Lipinski definition) is 4. The SMILES string of the molecule is CNC(=O)C(Cc1ccccc1)N(Cc1cccc(Br)c1)C(=O)CCCOc1ccc(OC)cc1. The lowest BCUT2D eigenvalue weighted by Gasteiger charge is -2.31. The van der Waals surface area contributed by atoms with Crippen LogP contribution in [0.3, 0.4) is 0 Å². The summed E-state index contributed by atoms with van der Waals surface area (Å²) in [5.41, 5.74) is 1.94. The van der Waals surface area contributed by atoms with Gasteiger partial charge >= 0.3 is 0 Å². The topological polar surface area (TPSA) is 67.9 Å². The van der Waals surface area contributed by atoms with Gasteiger partial charge in [0.15, 0.2) is 0 Å². The van der Waals surface area contributed by atoms with Gasteiger partial charge in [-0.05, 0) is 53.9 Å². The highest BCUT2D eigenvalue weighted by molar-refractivity contribution is 9.10. The minimum Gasteiger partial charge on any atom is -0.497 e. The van der Waals surface area contributed by atoms with E-state index in [9.17, 15) is 9.59 Å². The van der Waals surface area contributed by atoms with Gasteiger partial charge in [-0.1, -0.05) is 58.4 Å². The van der Waals surface area contributed by atoms with E-state index >= 15 is 0 Å². The molecule has 0 aliphatic heterocycles. The van der Waals surface area contributed by atoms with Crippen molar-refractivity contribution in [2.45, 2.75) is 31.8 Å². The molecule has 184 valence electrons. The van der Waals surface area contributed by atoms with Gasteiger partial charge in [-0.3, -0.25) is 9.59 Å². The molecule has 6 nitrogen and oxygen atoms in total. The molecular formula is C28H31BrN2O4. The smallest absolute Gasteiger partial charge is 0.242 e. The molecule has 3 rings (SSSR count). The van der Waals surface area contributed by atoms with E-state index in [-0.39, 0.29) is 18.2 Å². The van der Waals surface area contributed by atoms with Crippen LogP contribution < -0.4 is 14.8 Å². The van der Waals surface area contributed by atoms with Crippen LogP contribution in [-0.4, -0.2) is 43.5 Å². The summed E-state index contributed by atoms with van der Waals surface area (Å²) in [6.45, 7) is 0.731. The number of likely N-dealkylation sites (N-methyl/N-ethyl adjacent to an activating group) is 1. The van der Waals surface area contributed by atoms with Gasteiger partial charge in [0, 0.05) is 30.9 Å². The van der Waals surface area contributed by atoms with Crippen LogP contribution in [0.5, 0.6) is 11.5 Å². The van der Waals surface area contributed by atoms with Crippen molar-refractivity contribution in [1.82, 2.24) is 10.2 Å². The molecule has 0 aliphatic rings. The third kappa shape index (κ3) is 8.14. The van der Waals surface area contributed by atoms with Crippen LogP contribution in [0.2, 0.25) is 0 Å². The molecule has 0 bridgehead atoms. The highest BCUT2D eigenvalue weighted by atomic mass is 79.9. The molecule has 0 aromatic heterocycles. The van der Waals surface area contributed by atoms with Crippen LogP contribution in [-0.2, 0) is 22.6 Å². The summed E-state index contributed by atoms with van der Waals surface area (Å²) in [5, 5.41) is 2.74. The molecule has 0 saturated carbocycles. The fourth-order valence-electron chi connectivity index (χ4n) is 3.78. The number of nitrogens with zero attached hydrogens (tertiary/aromatic N) is 1. The zero-order valence-corrected chi connectivity index (χ0v) is 21.7. The summed E-state index contributed by atoms with van der Waals surface area (Å²) in [6.07, 6.45) is 1.24. The molecular weight excluding hydrogens is 508 g/mol. The van der Waals surface area contributed by atoms with Crippen LogP contribution in [0.15, 0.2) is 83.3 Å². The van der Waals surface area contributed by atoms with Crippen LogP contribution in [0.25, 0.3) is 0 Å². The Morgan fingerprint density at radius 2 is 1.63 bits per heavy atom. The number of hydrogen-bond donors (Lipinski definition) is 1. The molecule has 0 fully saturated rings. The Morgan fingerprint density at radius 3 is 2.29 bits per heavy atom. The van der Waals surface area contributed by atoms with Crippen molar-refractivity contribution in [1.29, 1.82) is 0 Å². The summed E-state index contributed by atoms with van der Waals surface area (Å²) in [4.78, 5) is 28.1. The summed E-state index contributed by atoms with van der Waals surface area (Å²) < 4.78 is 11.9. The van der Waals surface area contributed by atoms with E-state index in [1.54, 1.807) is 19.1 Å². The highest BCUT2D eigenvalue weighted by Gasteiger charge is 2.29. The molecule has 35 heavy (non-hydrogen) atoms. The highest BCUT2D eigenvalue weighted by Crippen LogP contribution is 2.20. The van der Waals surface area contributed by atoms with Crippen molar-refractivity contribution in [2.24, 2.45) is 0 Å². The van der Waals surface area contributed by atoms with Gasteiger partial charge < -0.3 is 19.7 Å². The quantitative estimate of drug-likeness (QED) is 0.329. The Kier molecular flexibility index (Phi) is 10.2. The van der Waals surface area contributed by atoms with Gasteiger partial charge in [-0.2, -0.15) is 0 Å². The summed E-state index contributed by atoms with van der Waals surface area (Å²) >= 11 is 3.50. The van der Waals surface area contributed by atoms with Crippen molar-refractivity contribution in [2.75, 3.05) is 20.8 Å². The molecule has 0 aliphatic carbocycles. The van der Waals surface area contributed by atoms with E-state index in [0.29, 0.717) is 26.0 Å². The number of benzene rings is 3. The average Bonchev–Trinajstić information content (AvgIpc) is 2.89. The maximum absolute atomic E-state index is 13.4. The van der Waals surface area contributed by atoms with Crippen molar-refractivity contribution in [3.63, 3.8) is 0 Å². The zero-order chi connectivity index (χ0) is 25.0. The van der Waals surface area contributed by atoms with Crippen molar-refractivity contribution in [3.05, 3.63) is 94.5 Å². The van der Waals surface area contributed by atoms with E-state index in [2.05, 4.69) is 21.2 Å². The molecule has 0 spiro atoms. The van der Waals surface area contributed by atoms with Gasteiger partial charge in [0.1, 0.15) is 17.5 Å². The number of ether oxygens (including phenoxy) is 2. The van der Waals surface area contributed by atoms with E-state index < -0.39 is 6.04 Å². The molecule has 0 radical (unpaired) electrons. The molecule has 2 amide bonds. The Balaban J connectivity index is 1.72. The van der Waals surface area contributed by atoms with Gasteiger partial charge in [0.05, 0.1) is 13.7 Å². The number of nitrogens with one attached hydrogen (secondary N) is 1. The number of methoxy groups -OCH3 is 1. The monoisotopic (exact) mass is 538 g/mol. The predicted molar refractivity (Wildman–Crippen MR) is 140 cm³/mol. The van der Waals surface area contributed by atoms with Crippen LogP contribution in [0, 0.1) is 0 Å². The molecule has 3 aromatic rings.